The monoisotopic (exact) mass is 921 g/mol. The molecule has 0 bridgehead atoms. The number of hydrogen-bond donors (Lipinski definition) is 0. The van der Waals surface area contributed by atoms with Crippen LogP contribution in [0.4, 0.5) is 0 Å². The predicted octanol–water partition coefficient (Wildman–Crippen LogP) is 15.0. The smallest absolute Gasteiger partial charge is 0.242 e. The first-order chi connectivity index (χ1) is 35.8. The first-order valence-corrected chi connectivity index (χ1v) is 24.3. The van der Waals surface area contributed by atoms with E-state index in [2.05, 4.69) is 264 Å². The van der Waals surface area contributed by atoms with Crippen molar-refractivity contribution >= 4 is 98.5 Å². The summed E-state index contributed by atoms with van der Waals surface area (Å²) in [4.78, 5) is 17.3. The van der Waals surface area contributed by atoms with Crippen LogP contribution < -0.4 is 0 Å². The summed E-state index contributed by atoms with van der Waals surface area (Å²) in [5.74, 6) is 1.47. The highest BCUT2D eigenvalue weighted by molar-refractivity contribution is 6.25. The molecule has 0 amide bonds. The standard InChI is InChI=1S/C63H39N9/c1-4-22-40(23-5-1)67-49-34-16-10-28-43(49)55-46-31-13-19-37-52(46)70(58(55)67)61-64-62(71-53-38-20-14-32-47(53)56-44-29-11-17-35-50(44)68(59(56)71)41-24-6-2-7-25-41)66-63(65-61)72-54-39-21-15-33-48(54)57-45-30-12-18-36-51(45)69(60(57)72)42-26-8-3-9-27-42/h1-39H. The molecule has 0 unspecified atom stereocenters. The third-order valence-electron chi connectivity index (χ3n) is 14.7. The largest absolute Gasteiger partial charge is 0.295 e. The van der Waals surface area contributed by atoms with Crippen molar-refractivity contribution in [1.29, 1.82) is 0 Å². The average molecular weight is 922 g/mol. The van der Waals surface area contributed by atoms with Crippen LogP contribution in [0.3, 0.4) is 0 Å². The Morgan fingerprint density at radius 3 is 0.625 bits per heavy atom. The van der Waals surface area contributed by atoms with Gasteiger partial charge in [-0.15, -0.1) is 0 Å². The van der Waals surface area contributed by atoms with Crippen molar-refractivity contribution < 1.29 is 0 Å². The number of benzene rings is 9. The fraction of sp³-hybridized carbons (Fsp3) is 0. The summed E-state index contributed by atoms with van der Waals surface area (Å²) in [5, 5.41) is 10.2. The molecule has 72 heavy (non-hydrogen) atoms. The lowest BCUT2D eigenvalue weighted by atomic mass is 10.1. The van der Waals surface area contributed by atoms with Crippen LogP contribution in [0.2, 0.25) is 0 Å². The third kappa shape index (κ3) is 5.22. The molecule has 336 valence electrons. The zero-order chi connectivity index (χ0) is 47.0. The maximum Gasteiger partial charge on any atom is 0.242 e. The van der Waals surface area contributed by atoms with Crippen LogP contribution in [0.25, 0.3) is 133 Å². The Bertz CT molecular complexity index is 4350. The highest BCUT2D eigenvalue weighted by Crippen LogP contribution is 2.44. The Balaban J connectivity index is 1.13. The lowest BCUT2D eigenvalue weighted by Gasteiger charge is -2.17. The molecule has 7 aromatic heterocycles. The Labute approximate surface area is 410 Å². The maximum atomic E-state index is 5.78. The molecular weight excluding hydrogens is 883 g/mol. The summed E-state index contributed by atoms with van der Waals surface area (Å²) < 4.78 is 13.9. The van der Waals surface area contributed by atoms with E-state index in [-0.39, 0.29) is 0 Å². The van der Waals surface area contributed by atoms with Gasteiger partial charge in [-0.3, -0.25) is 27.4 Å². The van der Waals surface area contributed by atoms with E-state index in [9.17, 15) is 0 Å². The molecule has 0 spiro atoms. The normalized spacial score (nSPS) is 12.2. The van der Waals surface area contributed by atoms with E-state index in [0.717, 1.165) is 116 Å². The molecule has 0 saturated heterocycles. The van der Waals surface area contributed by atoms with E-state index >= 15 is 0 Å². The second kappa shape index (κ2) is 14.8. The summed E-state index contributed by atoms with van der Waals surface area (Å²) >= 11 is 0. The molecule has 0 aliphatic heterocycles. The third-order valence-corrected chi connectivity index (χ3v) is 14.7. The van der Waals surface area contributed by atoms with Gasteiger partial charge in [0.05, 0.1) is 33.1 Å². The lowest BCUT2D eigenvalue weighted by molar-refractivity contribution is 0.832. The number of aromatic nitrogens is 9. The Morgan fingerprint density at radius 1 is 0.194 bits per heavy atom. The van der Waals surface area contributed by atoms with E-state index in [1.807, 2.05) is 0 Å². The summed E-state index contributed by atoms with van der Waals surface area (Å²) in [7, 11) is 0. The molecular formula is C63H39N9. The first kappa shape index (κ1) is 38.9. The van der Waals surface area contributed by atoms with E-state index in [0.29, 0.717) is 17.8 Å². The minimum atomic E-state index is 0.489. The summed E-state index contributed by atoms with van der Waals surface area (Å²) in [6, 6.07) is 83.9. The number of nitrogens with zero attached hydrogens (tertiary/aromatic N) is 9. The molecule has 9 nitrogen and oxygen atoms in total. The fourth-order valence-electron chi connectivity index (χ4n) is 11.9. The zero-order valence-corrected chi connectivity index (χ0v) is 38.5. The molecule has 9 heteroatoms. The van der Waals surface area contributed by atoms with Crippen molar-refractivity contribution in [3.63, 3.8) is 0 Å². The number of rotatable bonds is 6. The molecule has 0 atom stereocenters. The van der Waals surface area contributed by atoms with E-state index in [1.54, 1.807) is 0 Å². The second-order valence-electron chi connectivity index (χ2n) is 18.5. The van der Waals surface area contributed by atoms with E-state index in [1.165, 1.54) is 0 Å². The van der Waals surface area contributed by atoms with Gasteiger partial charge >= 0.3 is 0 Å². The first-order valence-electron chi connectivity index (χ1n) is 24.3. The summed E-state index contributed by atoms with van der Waals surface area (Å²) in [6.45, 7) is 0. The van der Waals surface area contributed by atoms with Gasteiger partial charge in [0.25, 0.3) is 0 Å². The quantitative estimate of drug-likeness (QED) is 0.167. The lowest BCUT2D eigenvalue weighted by Crippen LogP contribution is -2.15. The van der Waals surface area contributed by atoms with Gasteiger partial charge in [-0.2, -0.15) is 15.0 Å². The average Bonchev–Trinajstić information content (AvgIpc) is 4.28. The fourth-order valence-corrected chi connectivity index (χ4v) is 11.9. The highest BCUT2D eigenvalue weighted by atomic mass is 15.4. The molecule has 0 aliphatic carbocycles. The van der Waals surface area contributed by atoms with Crippen LogP contribution in [-0.4, -0.2) is 42.4 Å². The van der Waals surface area contributed by atoms with Crippen LogP contribution in [0, 0.1) is 0 Å². The van der Waals surface area contributed by atoms with Crippen molar-refractivity contribution in [2.45, 2.75) is 0 Å². The molecule has 0 radical (unpaired) electrons. The molecule has 16 aromatic rings. The Morgan fingerprint density at radius 2 is 0.389 bits per heavy atom. The minimum absolute atomic E-state index is 0.489. The van der Waals surface area contributed by atoms with E-state index < -0.39 is 0 Å². The number of para-hydroxylation sites is 9. The van der Waals surface area contributed by atoms with Gasteiger partial charge in [-0.25, -0.2) is 0 Å². The topological polar surface area (TPSA) is 68.2 Å². The highest BCUT2D eigenvalue weighted by Gasteiger charge is 2.29. The van der Waals surface area contributed by atoms with Crippen LogP contribution in [0.15, 0.2) is 237 Å². The van der Waals surface area contributed by atoms with Gasteiger partial charge in [0.1, 0.15) is 16.9 Å². The zero-order valence-electron chi connectivity index (χ0n) is 38.5. The Hall–Kier alpha value is -9.99. The number of hydrogen-bond acceptors (Lipinski definition) is 3. The van der Waals surface area contributed by atoms with Gasteiger partial charge < -0.3 is 0 Å². The van der Waals surface area contributed by atoms with Crippen LogP contribution in [0.1, 0.15) is 0 Å². The van der Waals surface area contributed by atoms with Crippen molar-refractivity contribution in [1.82, 2.24) is 42.4 Å². The summed E-state index contributed by atoms with van der Waals surface area (Å²) in [5.41, 5.74) is 12.3. The van der Waals surface area contributed by atoms with Crippen molar-refractivity contribution in [3.8, 4) is 34.9 Å². The minimum Gasteiger partial charge on any atom is -0.295 e. The van der Waals surface area contributed by atoms with Crippen molar-refractivity contribution in [3.05, 3.63) is 237 Å². The SMILES string of the molecule is c1ccc(-n2c3ccccc3c3c4ccccc4n(-c4nc(-n5c6ccccc6c6c7ccccc7n(-c7ccccc7)c65)nc(-n5c6ccccc6c6c7ccccc7n(-c7ccccc7)c65)n4)c32)cc1. The van der Waals surface area contributed by atoms with Crippen LogP contribution in [0.5, 0.6) is 0 Å². The van der Waals surface area contributed by atoms with Crippen LogP contribution >= 0.6 is 0 Å². The molecule has 9 aromatic carbocycles. The molecule has 16 rings (SSSR count). The second-order valence-corrected chi connectivity index (χ2v) is 18.5. The van der Waals surface area contributed by atoms with Gasteiger partial charge in [-0.05, 0) is 72.8 Å². The maximum absolute atomic E-state index is 5.78. The van der Waals surface area contributed by atoms with E-state index in [4.69, 9.17) is 15.0 Å². The van der Waals surface area contributed by atoms with Gasteiger partial charge in [-0.1, -0.05) is 164 Å². The van der Waals surface area contributed by atoms with Gasteiger partial charge in [0.15, 0.2) is 0 Å². The molecule has 0 N–H and O–H groups in total. The molecule has 0 saturated carbocycles. The van der Waals surface area contributed by atoms with Crippen LogP contribution in [-0.2, 0) is 0 Å². The number of fused-ring (bicyclic) bond motifs is 15. The van der Waals surface area contributed by atoms with Gasteiger partial charge in [0.2, 0.25) is 17.8 Å². The Kier molecular flexibility index (Phi) is 7.98. The predicted molar refractivity (Wildman–Crippen MR) is 293 cm³/mol. The van der Waals surface area contributed by atoms with Crippen molar-refractivity contribution in [2.24, 2.45) is 0 Å². The molecule has 0 aliphatic rings. The molecule has 7 heterocycles. The van der Waals surface area contributed by atoms with Gasteiger partial charge in [0, 0.05) is 65.5 Å². The molecule has 0 fully saturated rings. The van der Waals surface area contributed by atoms with Crippen molar-refractivity contribution in [2.75, 3.05) is 0 Å². The summed E-state index contributed by atoms with van der Waals surface area (Å²) in [6.07, 6.45) is 0.